The van der Waals surface area contributed by atoms with Crippen LogP contribution in [-0.4, -0.2) is 4.98 Å². The average molecular weight is 339 g/mol. The van der Waals surface area contributed by atoms with Crippen molar-refractivity contribution in [3.05, 3.63) is 102 Å². The molecule has 0 saturated carbocycles. The third kappa shape index (κ3) is 3.59. The summed E-state index contributed by atoms with van der Waals surface area (Å²) in [4.78, 5) is 6.75. The van der Waals surface area contributed by atoms with Crippen molar-refractivity contribution in [2.24, 2.45) is 0 Å². The molecule has 25 heavy (non-hydrogen) atoms. The van der Waals surface area contributed by atoms with E-state index in [-0.39, 0.29) is 0 Å². The van der Waals surface area contributed by atoms with E-state index in [1.807, 2.05) is 24.5 Å². The molecular formula is C23H17NS. The monoisotopic (exact) mass is 339 g/mol. The average Bonchev–Trinajstić information content (AvgIpc) is 3.13. The van der Waals surface area contributed by atoms with Gasteiger partial charge in [0.1, 0.15) is 0 Å². The molecule has 120 valence electrons. The highest BCUT2D eigenvalue weighted by molar-refractivity contribution is 7.17. The normalized spacial score (nSPS) is 11.0. The van der Waals surface area contributed by atoms with Crippen molar-refractivity contribution in [1.29, 1.82) is 0 Å². The number of benzene rings is 2. The summed E-state index contributed by atoms with van der Waals surface area (Å²) in [5.41, 5.74) is 4.86. The molecule has 0 unspecified atom stereocenters. The highest BCUT2D eigenvalue weighted by Gasteiger charge is 2.10. The van der Waals surface area contributed by atoms with E-state index in [9.17, 15) is 0 Å². The van der Waals surface area contributed by atoms with Gasteiger partial charge in [-0.1, -0.05) is 72.8 Å². The Bertz CT molecular complexity index is 971. The van der Waals surface area contributed by atoms with E-state index in [1.165, 1.54) is 26.4 Å². The minimum atomic E-state index is 1.16. The molecule has 0 aliphatic rings. The van der Waals surface area contributed by atoms with Crippen molar-refractivity contribution in [2.75, 3.05) is 0 Å². The molecule has 2 aromatic heterocycles. The lowest BCUT2D eigenvalue weighted by Gasteiger charge is -2.00. The summed E-state index contributed by atoms with van der Waals surface area (Å²) in [6, 6.07) is 27.3. The summed E-state index contributed by atoms with van der Waals surface area (Å²) in [5, 5.41) is 0. The quantitative estimate of drug-likeness (QED) is 0.406. The third-order valence-corrected chi connectivity index (χ3v) is 5.17. The van der Waals surface area contributed by atoms with Gasteiger partial charge >= 0.3 is 0 Å². The van der Waals surface area contributed by atoms with Gasteiger partial charge in [0, 0.05) is 33.3 Å². The molecule has 0 atom stereocenters. The molecule has 0 N–H and O–H groups in total. The van der Waals surface area contributed by atoms with Crippen LogP contribution in [0.2, 0.25) is 0 Å². The Balaban J connectivity index is 1.78. The Morgan fingerprint density at radius 2 is 1.44 bits per heavy atom. The highest BCUT2D eigenvalue weighted by atomic mass is 32.1. The zero-order chi connectivity index (χ0) is 16.9. The maximum atomic E-state index is 4.25. The van der Waals surface area contributed by atoms with E-state index in [4.69, 9.17) is 0 Å². The van der Waals surface area contributed by atoms with Gasteiger partial charge in [0.15, 0.2) is 0 Å². The van der Waals surface area contributed by atoms with Crippen LogP contribution in [0.3, 0.4) is 0 Å². The zero-order valence-corrected chi connectivity index (χ0v) is 14.5. The van der Waals surface area contributed by atoms with Gasteiger partial charge < -0.3 is 0 Å². The maximum absolute atomic E-state index is 4.25. The second-order valence-electron chi connectivity index (χ2n) is 5.74. The number of pyridine rings is 1. The Labute approximate surface area is 152 Å². The fourth-order valence-corrected chi connectivity index (χ4v) is 3.83. The summed E-state index contributed by atoms with van der Waals surface area (Å²) >= 11 is 1.80. The largest absolute Gasteiger partial charge is 0.264 e. The van der Waals surface area contributed by atoms with Crippen LogP contribution in [-0.2, 0) is 0 Å². The number of nitrogens with zero attached hydrogens (tertiary/aromatic N) is 1. The van der Waals surface area contributed by atoms with Gasteiger partial charge in [-0.2, -0.15) is 0 Å². The summed E-state index contributed by atoms with van der Waals surface area (Å²) in [7, 11) is 0. The second-order valence-corrected chi connectivity index (χ2v) is 6.82. The van der Waals surface area contributed by atoms with Crippen molar-refractivity contribution in [2.45, 2.75) is 0 Å². The number of hydrogen-bond donors (Lipinski definition) is 0. The molecule has 4 aromatic rings. The van der Waals surface area contributed by atoms with Crippen molar-refractivity contribution in [1.82, 2.24) is 4.98 Å². The Hall–Kier alpha value is -2.97. The Morgan fingerprint density at radius 3 is 2.16 bits per heavy atom. The predicted molar refractivity (Wildman–Crippen MR) is 108 cm³/mol. The summed E-state index contributed by atoms with van der Waals surface area (Å²) in [6.45, 7) is 0. The molecule has 0 amide bonds. The molecule has 0 aliphatic carbocycles. The lowest BCUT2D eigenvalue weighted by atomic mass is 10.0. The fourth-order valence-electron chi connectivity index (χ4n) is 2.76. The lowest BCUT2D eigenvalue weighted by Crippen LogP contribution is -1.76. The Kier molecular flexibility index (Phi) is 4.53. The lowest BCUT2D eigenvalue weighted by molar-refractivity contribution is 1.33. The molecule has 2 heterocycles. The van der Waals surface area contributed by atoms with E-state index >= 15 is 0 Å². The summed E-state index contributed by atoms with van der Waals surface area (Å²) in [6.07, 6.45) is 8.12. The van der Waals surface area contributed by atoms with Crippen LogP contribution in [0.5, 0.6) is 0 Å². The molecule has 4 rings (SSSR count). The van der Waals surface area contributed by atoms with Gasteiger partial charge in [0.2, 0.25) is 0 Å². The first-order chi connectivity index (χ1) is 12.4. The molecule has 0 saturated heterocycles. The number of hydrogen-bond acceptors (Lipinski definition) is 2. The molecule has 2 aromatic carbocycles. The van der Waals surface area contributed by atoms with E-state index in [2.05, 4.69) is 83.9 Å². The predicted octanol–water partition coefficient (Wildman–Crippen LogP) is 6.65. The van der Waals surface area contributed by atoms with Gasteiger partial charge in [-0.05, 0) is 29.3 Å². The molecule has 0 fully saturated rings. The molecular weight excluding hydrogens is 322 g/mol. The number of aromatic nitrogens is 1. The zero-order valence-electron chi connectivity index (χ0n) is 13.7. The second kappa shape index (κ2) is 7.29. The molecule has 1 nitrogen and oxygen atoms in total. The number of rotatable bonds is 4. The SMILES string of the molecule is C(=C\c1sc(-c2cccnc2)cc1-c1ccccc1)/c1ccccc1. The molecule has 0 spiro atoms. The van der Waals surface area contributed by atoms with Crippen LogP contribution in [0.4, 0.5) is 0 Å². The third-order valence-electron chi connectivity index (χ3n) is 4.02. The van der Waals surface area contributed by atoms with Crippen LogP contribution < -0.4 is 0 Å². The van der Waals surface area contributed by atoms with E-state index in [0.717, 1.165) is 5.56 Å². The van der Waals surface area contributed by atoms with Gasteiger partial charge in [0.25, 0.3) is 0 Å². The van der Waals surface area contributed by atoms with Crippen LogP contribution >= 0.6 is 11.3 Å². The maximum Gasteiger partial charge on any atom is 0.0371 e. The van der Waals surface area contributed by atoms with Crippen LogP contribution in [0.25, 0.3) is 33.7 Å². The minimum absolute atomic E-state index is 1.16. The van der Waals surface area contributed by atoms with Crippen molar-refractivity contribution in [3.8, 4) is 21.6 Å². The van der Waals surface area contributed by atoms with E-state index in [1.54, 1.807) is 11.3 Å². The molecule has 0 aliphatic heterocycles. The van der Waals surface area contributed by atoms with Crippen LogP contribution in [0.1, 0.15) is 10.4 Å². The Morgan fingerprint density at radius 1 is 0.720 bits per heavy atom. The summed E-state index contributed by atoms with van der Waals surface area (Å²) < 4.78 is 0. The van der Waals surface area contributed by atoms with Crippen molar-refractivity contribution < 1.29 is 0 Å². The van der Waals surface area contributed by atoms with E-state index in [0.29, 0.717) is 0 Å². The first-order valence-electron chi connectivity index (χ1n) is 8.23. The van der Waals surface area contributed by atoms with Crippen molar-refractivity contribution >= 4 is 23.5 Å². The molecule has 0 bridgehead atoms. The number of thiophene rings is 1. The first-order valence-corrected chi connectivity index (χ1v) is 9.04. The first kappa shape index (κ1) is 15.6. The van der Waals surface area contributed by atoms with Gasteiger partial charge in [-0.25, -0.2) is 0 Å². The van der Waals surface area contributed by atoms with Gasteiger partial charge in [-0.3, -0.25) is 4.98 Å². The standard InChI is InChI=1S/C23H17NS/c1-3-8-18(9-4-1)13-14-22-21(19-10-5-2-6-11-19)16-23(25-22)20-12-7-15-24-17-20/h1-17H/b14-13+. The van der Waals surface area contributed by atoms with Crippen LogP contribution in [0, 0.1) is 0 Å². The van der Waals surface area contributed by atoms with Crippen LogP contribution in [0.15, 0.2) is 91.3 Å². The topological polar surface area (TPSA) is 12.9 Å². The minimum Gasteiger partial charge on any atom is -0.264 e. The van der Waals surface area contributed by atoms with Crippen molar-refractivity contribution in [3.63, 3.8) is 0 Å². The van der Waals surface area contributed by atoms with E-state index < -0.39 is 0 Å². The summed E-state index contributed by atoms with van der Waals surface area (Å²) in [5.74, 6) is 0. The smallest absolute Gasteiger partial charge is 0.0371 e. The van der Waals surface area contributed by atoms with Gasteiger partial charge in [0.05, 0.1) is 0 Å². The molecule has 0 radical (unpaired) electrons. The fraction of sp³-hybridized carbons (Fsp3) is 0. The molecule has 2 heteroatoms. The van der Waals surface area contributed by atoms with Gasteiger partial charge in [-0.15, -0.1) is 11.3 Å². The highest BCUT2D eigenvalue weighted by Crippen LogP contribution is 2.38.